The van der Waals surface area contributed by atoms with Crippen LogP contribution in [0, 0.1) is 5.92 Å². The molecule has 3 aromatic rings. The van der Waals surface area contributed by atoms with Crippen LogP contribution in [-0.4, -0.2) is 23.3 Å². The number of rotatable bonds is 5. The molecule has 2 amide bonds. The first-order valence-corrected chi connectivity index (χ1v) is 10.7. The van der Waals surface area contributed by atoms with Crippen LogP contribution in [0.3, 0.4) is 0 Å². The molecular weight excluding hydrogens is 398 g/mol. The van der Waals surface area contributed by atoms with Gasteiger partial charge in [0.2, 0.25) is 0 Å². The Kier molecular flexibility index (Phi) is 6.29. The average Bonchev–Trinajstić information content (AvgIpc) is 2.79. The minimum atomic E-state index is -0.365. The highest BCUT2D eigenvalue weighted by molar-refractivity contribution is 6.31. The van der Waals surface area contributed by atoms with E-state index in [2.05, 4.69) is 15.6 Å². The molecule has 30 heavy (non-hydrogen) atoms. The lowest BCUT2D eigenvalue weighted by Gasteiger charge is -2.22. The van der Waals surface area contributed by atoms with Gasteiger partial charge >= 0.3 is 0 Å². The number of aromatic nitrogens is 1. The summed E-state index contributed by atoms with van der Waals surface area (Å²) in [7, 11) is 0. The molecule has 0 radical (unpaired) electrons. The van der Waals surface area contributed by atoms with Gasteiger partial charge in [-0.1, -0.05) is 55.1 Å². The molecule has 0 aliphatic heterocycles. The Hall–Kier alpha value is -2.92. The maximum atomic E-state index is 13.0. The number of carbonyl (C=O) groups excluding carboxylic acids is 2. The van der Waals surface area contributed by atoms with E-state index in [-0.39, 0.29) is 11.8 Å². The molecule has 1 heterocycles. The number of hydrogen-bond acceptors (Lipinski definition) is 3. The smallest absolute Gasteiger partial charge is 0.274 e. The highest BCUT2D eigenvalue weighted by atomic mass is 35.5. The van der Waals surface area contributed by atoms with E-state index >= 15 is 0 Å². The number of amides is 2. The number of nitrogens with one attached hydrogen (secondary N) is 2. The third kappa shape index (κ3) is 4.62. The second kappa shape index (κ2) is 9.26. The van der Waals surface area contributed by atoms with Crippen LogP contribution in [0.1, 0.15) is 53.0 Å². The van der Waals surface area contributed by atoms with Crippen molar-refractivity contribution in [1.29, 1.82) is 0 Å². The van der Waals surface area contributed by atoms with Gasteiger partial charge in [0.05, 0.1) is 11.3 Å². The van der Waals surface area contributed by atoms with E-state index < -0.39 is 0 Å². The second-order valence-electron chi connectivity index (χ2n) is 7.74. The van der Waals surface area contributed by atoms with Gasteiger partial charge in [0.1, 0.15) is 5.69 Å². The predicted octanol–water partition coefficient (Wildman–Crippen LogP) is 5.45. The van der Waals surface area contributed by atoms with Gasteiger partial charge in [0, 0.05) is 23.2 Å². The normalized spacial score (nSPS) is 14.4. The summed E-state index contributed by atoms with van der Waals surface area (Å²) in [6, 6.07) is 14.3. The molecule has 1 aromatic heterocycles. The molecular formula is C24H24ClN3O2. The van der Waals surface area contributed by atoms with Gasteiger partial charge < -0.3 is 10.6 Å². The molecule has 0 saturated heterocycles. The molecule has 0 bridgehead atoms. The molecule has 1 fully saturated rings. The number of pyridine rings is 1. The molecule has 154 valence electrons. The monoisotopic (exact) mass is 421 g/mol. The molecule has 0 atom stereocenters. The number of fused-ring (bicyclic) bond motifs is 1. The predicted molar refractivity (Wildman–Crippen MR) is 120 cm³/mol. The van der Waals surface area contributed by atoms with E-state index in [4.69, 9.17) is 11.6 Å². The zero-order chi connectivity index (χ0) is 20.9. The fourth-order valence-electron chi connectivity index (χ4n) is 4.02. The Balaban J connectivity index is 1.54. The summed E-state index contributed by atoms with van der Waals surface area (Å²) in [5.41, 5.74) is 1.09. The minimum Gasteiger partial charge on any atom is -0.352 e. The van der Waals surface area contributed by atoms with E-state index in [1.165, 1.54) is 19.3 Å². The first-order chi connectivity index (χ1) is 14.6. The van der Waals surface area contributed by atoms with Gasteiger partial charge in [-0.15, -0.1) is 0 Å². The quantitative estimate of drug-likeness (QED) is 0.575. The van der Waals surface area contributed by atoms with Crippen molar-refractivity contribution in [2.75, 3.05) is 11.9 Å². The Bertz CT molecular complexity index is 1070. The lowest BCUT2D eigenvalue weighted by molar-refractivity contribution is 0.0944. The summed E-state index contributed by atoms with van der Waals surface area (Å²) in [6.45, 7) is 0.642. The van der Waals surface area contributed by atoms with Crippen LogP contribution in [-0.2, 0) is 0 Å². The van der Waals surface area contributed by atoms with Crippen LogP contribution in [0.4, 0.5) is 5.69 Å². The molecule has 2 N–H and O–H groups in total. The lowest BCUT2D eigenvalue weighted by atomic mass is 9.89. The SMILES string of the molecule is O=C(NCC1CCCCC1)c1cc(Cl)ccc1NC(=O)c1nccc2ccccc12. The highest BCUT2D eigenvalue weighted by Crippen LogP contribution is 2.25. The first kappa shape index (κ1) is 20.4. The fourth-order valence-corrected chi connectivity index (χ4v) is 4.19. The maximum Gasteiger partial charge on any atom is 0.274 e. The van der Waals surface area contributed by atoms with Gasteiger partial charge in [-0.25, -0.2) is 0 Å². The van der Waals surface area contributed by atoms with Crippen molar-refractivity contribution in [3.8, 4) is 0 Å². The van der Waals surface area contributed by atoms with Crippen molar-refractivity contribution in [3.63, 3.8) is 0 Å². The van der Waals surface area contributed by atoms with Gasteiger partial charge in [-0.3, -0.25) is 14.6 Å². The number of carbonyl (C=O) groups is 2. The largest absolute Gasteiger partial charge is 0.352 e. The summed E-state index contributed by atoms with van der Waals surface area (Å²) in [5.74, 6) is -0.0838. The summed E-state index contributed by atoms with van der Waals surface area (Å²) in [5, 5.41) is 7.99. The van der Waals surface area contributed by atoms with Crippen molar-refractivity contribution < 1.29 is 9.59 Å². The van der Waals surface area contributed by atoms with E-state index in [1.54, 1.807) is 24.4 Å². The maximum absolute atomic E-state index is 13.0. The fraction of sp³-hybridized carbons (Fsp3) is 0.292. The van der Waals surface area contributed by atoms with E-state index in [0.717, 1.165) is 23.6 Å². The number of halogens is 1. The lowest BCUT2D eigenvalue weighted by Crippen LogP contribution is -2.31. The van der Waals surface area contributed by atoms with Crippen molar-refractivity contribution in [2.24, 2.45) is 5.92 Å². The van der Waals surface area contributed by atoms with Gasteiger partial charge in [-0.05, 0) is 48.4 Å². The van der Waals surface area contributed by atoms with Crippen molar-refractivity contribution in [3.05, 3.63) is 71.0 Å². The Morgan fingerprint density at radius 2 is 1.80 bits per heavy atom. The molecule has 1 saturated carbocycles. The minimum absolute atomic E-state index is 0.232. The Morgan fingerprint density at radius 3 is 2.63 bits per heavy atom. The Labute approximate surface area is 180 Å². The molecule has 0 spiro atoms. The molecule has 1 aliphatic rings. The number of anilines is 1. The second-order valence-corrected chi connectivity index (χ2v) is 8.18. The highest BCUT2D eigenvalue weighted by Gasteiger charge is 2.19. The summed E-state index contributed by atoms with van der Waals surface area (Å²) in [6.07, 6.45) is 7.61. The average molecular weight is 422 g/mol. The standard InChI is InChI=1S/C24H24ClN3O2/c25-18-10-11-21(20(14-18)23(29)27-15-16-6-2-1-3-7-16)28-24(30)22-19-9-5-4-8-17(19)12-13-26-22/h4-5,8-14,16H,1-3,6-7,15H2,(H,27,29)(H,28,30). The van der Waals surface area contributed by atoms with Crippen molar-refractivity contribution in [2.45, 2.75) is 32.1 Å². The van der Waals surface area contributed by atoms with Crippen molar-refractivity contribution >= 4 is 39.9 Å². The first-order valence-electron chi connectivity index (χ1n) is 10.3. The van der Waals surface area contributed by atoms with E-state index in [9.17, 15) is 9.59 Å². The summed E-state index contributed by atoms with van der Waals surface area (Å²) >= 11 is 6.14. The van der Waals surface area contributed by atoms with Gasteiger partial charge in [0.15, 0.2) is 0 Å². The molecule has 1 aliphatic carbocycles. The van der Waals surface area contributed by atoms with Crippen molar-refractivity contribution in [1.82, 2.24) is 10.3 Å². The number of hydrogen-bond donors (Lipinski definition) is 2. The van der Waals surface area contributed by atoms with Gasteiger partial charge in [0.25, 0.3) is 11.8 Å². The van der Waals surface area contributed by atoms with E-state index in [0.29, 0.717) is 34.4 Å². The van der Waals surface area contributed by atoms with E-state index in [1.807, 2.05) is 30.3 Å². The van der Waals surface area contributed by atoms with Crippen LogP contribution in [0.2, 0.25) is 5.02 Å². The van der Waals surface area contributed by atoms with Crippen LogP contribution in [0.15, 0.2) is 54.7 Å². The van der Waals surface area contributed by atoms with Crippen LogP contribution in [0.25, 0.3) is 10.8 Å². The number of nitrogens with zero attached hydrogens (tertiary/aromatic N) is 1. The zero-order valence-corrected chi connectivity index (χ0v) is 17.4. The number of benzene rings is 2. The van der Waals surface area contributed by atoms with Crippen LogP contribution < -0.4 is 10.6 Å². The molecule has 5 nitrogen and oxygen atoms in total. The van der Waals surface area contributed by atoms with Gasteiger partial charge in [-0.2, -0.15) is 0 Å². The topological polar surface area (TPSA) is 71.1 Å². The Morgan fingerprint density at radius 1 is 1.00 bits per heavy atom. The van der Waals surface area contributed by atoms with Crippen LogP contribution in [0.5, 0.6) is 0 Å². The molecule has 0 unspecified atom stereocenters. The molecule has 4 rings (SSSR count). The summed E-state index contributed by atoms with van der Waals surface area (Å²) < 4.78 is 0. The zero-order valence-electron chi connectivity index (χ0n) is 16.7. The third-order valence-electron chi connectivity index (χ3n) is 5.64. The third-order valence-corrected chi connectivity index (χ3v) is 5.87. The summed E-state index contributed by atoms with van der Waals surface area (Å²) in [4.78, 5) is 30.1. The van der Waals surface area contributed by atoms with Crippen LogP contribution >= 0.6 is 11.6 Å². The molecule has 2 aromatic carbocycles. The molecule has 6 heteroatoms.